The molecular formula is C17H24FN5O3S. The van der Waals surface area contributed by atoms with E-state index in [4.69, 9.17) is 10.5 Å². The summed E-state index contributed by atoms with van der Waals surface area (Å²) in [7, 11) is -1.19. The van der Waals surface area contributed by atoms with Crippen molar-refractivity contribution in [3.8, 4) is 0 Å². The lowest BCUT2D eigenvalue weighted by molar-refractivity contribution is 0.0564. The monoisotopic (exact) mass is 397 g/mol. The van der Waals surface area contributed by atoms with Crippen LogP contribution < -0.4 is 11.1 Å². The number of benzene rings is 1. The van der Waals surface area contributed by atoms with Crippen molar-refractivity contribution in [3.63, 3.8) is 0 Å². The second-order valence-electron chi connectivity index (χ2n) is 6.88. The number of ether oxygens (including phenoxy) is 1. The Morgan fingerprint density at radius 3 is 2.74 bits per heavy atom. The maximum Gasteiger partial charge on any atom is 0.321 e. The first-order valence-corrected chi connectivity index (χ1v) is 10.4. The highest BCUT2D eigenvalue weighted by Crippen LogP contribution is 2.34. The van der Waals surface area contributed by atoms with E-state index < -0.39 is 21.1 Å². The molecular weight excluding hydrogens is 373 g/mol. The van der Waals surface area contributed by atoms with E-state index in [1.165, 1.54) is 22.5 Å². The number of urea groups is 1. The fraction of sp³-hybridized carbons (Fsp3) is 0.471. The normalized spacial score (nSPS) is 28.6. The fourth-order valence-electron chi connectivity index (χ4n) is 3.18. The second kappa shape index (κ2) is 7.01. The first-order chi connectivity index (χ1) is 12.6. The number of hydrogen-bond donors (Lipinski definition) is 2. The number of halogens is 1. The van der Waals surface area contributed by atoms with Crippen molar-refractivity contribution in [2.24, 2.45) is 10.7 Å². The van der Waals surface area contributed by atoms with Crippen LogP contribution in [0.1, 0.15) is 12.5 Å². The van der Waals surface area contributed by atoms with Crippen LogP contribution in [0.3, 0.4) is 0 Å². The fourth-order valence-corrected chi connectivity index (χ4v) is 4.86. The predicted molar refractivity (Wildman–Crippen MR) is 105 cm³/mol. The molecule has 0 bridgehead atoms. The quantitative estimate of drug-likeness (QED) is 0.721. The average molecular weight is 397 g/mol. The summed E-state index contributed by atoms with van der Waals surface area (Å²) in [4.78, 5) is 18.4. The van der Waals surface area contributed by atoms with E-state index in [0.29, 0.717) is 32.0 Å². The van der Waals surface area contributed by atoms with Gasteiger partial charge in [0.1, 0.15) is 11.4 Å². The zero-order chi connectivity index (χ0) is 19.8. The van der Waals surface area contributed by atoms with E-state index in [-0.39, 0.29) is 23.3 Å². The van der Waals surface area contributed by atoms with Crippen LogP contribution in [0.4, 0.5) is 14.9 Å². The van der Waals surface area contributed by atoms with Crippen molar-refractivity contribution in [1.82, 2.24) is 9.21 Å². The Morgan fingerprint density at radius 2 is 2.11 bits per heavy atom. The number of aliphatic imine (C=N–C) groups is 1. The molecule has 1 aromatic rings. The number of nitrogens with one attached hydrogen (secondary N) is 1. The highest BCUT2D eigenvalue weighted by molar-refractivity contribution is 7.98. The maximum atomic E-state index is 14.6. The number of nitrogens with two attached hydrogens (primary N) is 1. The highest BCUT2D eigenvalue weighted by atomic mass is 32.2. The zero-order valence-electron chi connectivity index (χ0n) is 15.4. The number of guanidine groups is 1. The summed E-state index contributed by atoms with van der Waals surface area (Å²) in [6, 6.07) is 3.95. The predicted octanol–water partition coefficient (Wildman–Crippen LogP) is 0.797. The van der Waals surface area contributed by atoms with E-state index in [1.54, 1.807) is 18.9 Å². The van der Waals surface area contributed by atoms with Gasteiger partial charge in [-0.3, -0.25) is 4.31 Å². The van der Waals surface area contributed by atoms with E-state index in [1.807, 2.05) is 0 Å². The largest absolute Gasteiger partial charge is 0.378 e. The minimum absolute atomic E-state index is 0.00891. The minimum Gasteiger partial charge on any atom is -0.378 e. The van der Waals surface area contributed by atoms with Crippen LogP contribution in [0.2, 0.25) is 0 Å². The van der Waals surface area contributed by atoms with Gasteiger partial charge in [-0.2, -0.15) is 0 Å². The van der Waals surface area contributed by atoms with Gasteiger partial charge in [0, 0.05) is 31.4 Å². The van der Waals surface area contributed by atoms with Crippen molar-refractivity contribution < 1.29 is 18.1 Å². The summed E-state index contributed by atoms with van der Waals surface area (Å²) in [5.41, 5.74) is 5.35. The Hall–Kier alpha value is -2.33. The molecule has 8 nitrogen and oxygen atoms in total. The number of rotatable bonds is 2. The van der Waals surface area contributed by atoms with Crippen LogP contribution in [0, 0.1) is 5.82 Å². The number of hydrogen-bond acceptors (Lipinski definition) is 5. The van der Waals surface area contributed by atoms with Gasteiger partial charge in [0.05, 0.1) is 28.7 Å². The maximum absolute atomic E-state index is 14.6. The molecule has 2 atom stereocenters. The van der Waals surface area contributed by atoms with Crippen molar-refractivity contribution >= 4 is 33.3 Å². The molecule has 1 aromatic carbocycles. The molecule has 2 heterocycles. The highest BCUT2D eigenvalue weighted by Gasteiger charge is 2.38. The average Bonchev–Trinajstić information content (AvgIpc) is 2.61. The molecule has 1 saturated heterocycles. The molecule has 0 aromatic heterocycles. The second-order valence-corrected chi connectivity index (χ2v) is 9.26. The molecule has 0 saturated carbocycles. The summed E-state index contributed by atoms with van der Waals surface area (Å²) in [6.07, 6.45) is 0. The van der Waals surface area contributed by atoms with Crippen LogP contribution in [0.5, 0.6) is 0 Å². The molecule has 148 valence electrons. The molecule has 1 fully saturated rings. The Kier molecular flexibility index (Phi) is 5.04. The van der Waals surface area contributed by atoms with Gasteiger partial charge in [0.15, 0.2) is 0 Å². The number of carbonyl (C=O) groups is 1. The van der Waals surface area contributed by atoms with Crippen LogP contribution in [0.25, 0.3) is 0 Å². The number of nitrogens with zero attached hydrogens (tertiary/aromatic N) is 3. The third-order valence-electron chi connectivity index (χ3n) is 4.79. The topological polar surface area (TPSA) is 100 Å². The van der Waals surface area contributed by atoms with E-state index in [0.717, 1.165) is 0 Å². The third kappa shape index (κ3) is 3.86. The number of amides is 2. The summed E-state index contributed by atoms with van der Waals surface area (Å²) in [5, 5.41) is 2.76. The van der Waals surface area contributed by atoms with Gasteiger partial charge in [0.25, 0.3) is 0 Å². The summed E-state index contributed by atoms with van der Waals surface area (Å²) in [6.45, 7) is 3.62. The minimum atomic E-state index is -2.73. The van der Waals surface area contributed by atoms with Crippen molar-refractivity contribution in [2.45, 2.75) is 12.5 Å². The molecule has 27 heavy (non-hydrogen) atoms. The van der Waals surface area contributed by atoms with Gasteiger partial charge < -0.3 is 20.7 Å². The summed E-state index contributed by atoms with van der Waals surface area (Å²) < 4.78 is 33.9. The molecule has 2 aliphatic rings. The number of anilines is 1. The molecule has 0 aliphatic carbocycles. The lowest BCUT2D eigenvalue weighted by Crippen LogP contribution is -2.50. The van der Waals surface area contributed by atoms with Gasteiger partial charge in [-0.05, 0) is 31.0 Å². The Balaban J connectivity index is 1.90. The van der Waals surface area contributed by atoms with Crippen LogP contribution >= 0.6 is 0 Å². The molecule has 1 unspecified atom stereocenters. The third-order valence-corrected chi connectivity index (χ3v) is 6.98. The van der Waals surface area contributed by atoms with Crippen LogP contribution in [0.15, 0.2) is 23.2 Å². The van der Waals surface area contributed by atoms with Gasteiger partial charge in [-0.1, -0.05) is 0 Å². The van der Waals surface area contributed by atoms with Gasteiger partial charge >= 0.3 is 6.03 Å². The molecule has 2 amide bonds. The number of morpholine rings is 1. The van der Waals surface area contributed by atoms with Gasteiger partial charge in [0.2, 0.25) is 5.96 Å². The van der Waals surface area contributed by atoms with Crippen molar-refractivity contribution in [1.29, 1.82) is 0 Å². The van der Waals surface area contributed by atoms with Crippen molar-refractivity contribution in [2.75, 3.05) is 44.4 Å². The number of carbonyl (C=O) groups excluding carboxylic acids is 1. The molecule has 3 rings (SSSR count). The molecule has 0 radical (unpaired) electrons. The Labute approximate surface area is 158 Å². The van der Waals surface area contributed by atoms with Crippen molar-refractivity contribution in [3.05, 3.63) is 29.6 Å². The Morgan fingerprint density at radius 1 is 1.44 bits per heavy atom. The van der Waals surface area contributed by atoms with Crippen LogP contribution in [-0.2, 0) is 20.0 Å². The molecule has 0 spiro atoms. The Bertz CT molecular complexity index is 883. The zero-order valence-corrected chi connectivity index (χ0v) is 16.2. The van der Waals surface area contributed by atoms with E-state index >= 15 is 0 Å². The first-order valence-electron chi connectivity index (χ1n) is 8.50. The molecule has 10 heteroatoms. The smallest absolute Gasteiger partial charge is 0.321 e. The lowest BCUT2D eigenvalue weighted by Gasteiger charge is -2.37. The van der Waals surface area contributed by atoms with E-state index in [2.05, 4.69) is 16.2 Å². The first kappa shape index (κ1) is 19.4. The lowest BCUT2D eigenvalue weighted by atomic mass is 9.93. The standard InChI is InChI=1S/C17H24FN5O3S/c1-17(11-27(3,25)22(2)15(19)21-17)13-10-12(4-5-14(13)18)20-16(24)23-6-8-26-9-7-23/h4-5,10H,3,6-9,11H2,1-2H3,(H2,19,21)(H,20,24)/t17-,27?/m0/s1. The summed E-state index contributed by atoms with van der Waals surface area (Å²) >= 11 is 0. The van der Waals surface area contributed by atoms with E-state index in [9.17, 15) is 13.4 Å². The SMILES string of the molecule is C=S1(=O)C[C@@](C)(c2cc(NC(=O)N3CCOCC3)ccc2F)N=C(N)N1C. The molecule has 2 aliphatic heterocycles. The summed E-state index contributed by atoms with van der Waals surface area (Å²) in [5.74, 6) is 3.25. The van der Waals surface area contributed by atoms with Gasteiger partial charge in [-0.15, -0.1) is 0 Å². The molecule has 3 N–H and O–H groups in total. The van der Waals surface area contributed by atoms with Crippen LogP contribution in [-0.4, -0.2) is 70.4 Å². The van der Waals surface area contributed by atoms with Gasteiger partial charge in [-0.25, -0.2) is 18.4 Å².